The van der Waals surface area contributed by atoms with Gasteiger partial charge in [-0.15, -0.1) is 0 Å². The normalized spacial score (nSPS) is 16.0. The van der Waals surface area contributed by atoms with Gasteiger partial charge in [0, 0.05) is 16.8 Å². The molecular formula is C16H12ClFN2O4. The molecule has 0 radical (unpaired) electrons. The number of fused-ring (bicyclic) bond motifs is 1. The van der Waals surface area contributed by atoms with Gasteiger partial charge >= 0.3 is 5.69 Å². The molecule has 0 aliphatic carbocycles. The maximum atomic E-state index is 13.3. The number of anilines is 1. The average molecular weight is 351 g/mol. The molecule has 1 aliphatic rings. The zero-order chi connectivity index (χ0) is 17.3. The van der Waals surface area contributed by atoms with E-state index in [1.54, 1.807) is 18.2 Å². The Balaban J connectivity index is 1.74. The van der Waals surface area contributed by atoms with Crippen LogP contribution in [-0.4, -0.2) is 17.4 Å². The van der Waals surface area contributed by atoms with Crippen LogP contribution in [0, 0.1) is 21.8 Å². The predicted octanol–water partition coefficient (Wildman–Crippen LogP) is 3.58. The van der Waals surface area contributed by atoms with Gasteiger partial charge in [-0.3, -0.25) is 14.9 Å². The number of rotatable bonds is 3. The largest absolute Gasteiger partial charge is 0.492 e. The van der Waals surface area contributed by atoms with Crippen molar-refractivity contribution in [1.29, 1.82) is 0 Å². The third-order valence-corrected chi connectivity index (χ3v) is 3.95. The van der Waals surface area contributed by atoms with E-state index in [1.165, 1.54) is 6.07 Å². The molecule has 3 rings (SSSR count). The number of amides is 1. The van der Waals surface area contributed by atoms with Gasteiger partial charge < -0.3 is 10.1 Å². The van der Waals surface area contributed by atoms with E-state index in [2.05, 4.69) is 5.32 Å². The summed E-state index contributed by atoms with van der Waals surface area (Å²) in [6, 6.07) is 8.39. The fraction of sp³-hybridized carbons (Fsp3) is 0.188. The first-order valence-electron chi connectivity index (χ1n) is 7.10. The number of nitro groups is 1. The SMILES string of the molecule is O=C(Nc1ccc(F)c([N+](=O)[O-])c1)[C@@H]1COc2ccc(Cl)cc2C1. The van der Waals surface area contributed by atoms with E-state index in [0.29, 0.717) is 17.2 Å². The number of halogens is 2. The quantitative estimate of drug-likeness (QED) is 0.677. The van der Waals surface area contributed by atoms with Crippen LogP contribution in [0.1, 0.15) is 5.56 Å². The van der Waals surface area contributed by atoms with E-state index in [1.807, 2.05) is 0 Å². The molecule has 0 unspecified atom stereocenters. The van der Waals surface area contributed by atoms with Crippen LogP contribution in [0.3, 0.4) is 0 Å². The summed E-state index contributed by atoms with van der Waals surface area (Å²) in [5.41, 5.74) is 0.286. The molecule has 0 spiro atoms. The summed E-state index contributed by atoms with van der Waals surface area (Å²) in [6.07, 6.45) is 0.436. The Morgan fingerprint density at radius 3 is 2.88 bits per heavy atom. The molecule has 1 amide bonds. The van der Waals surface area contributed by atoms with Gasteiger partial charge in [-0.2, -0.15) is 4.39 Å². The van der Waals surface area contributed by atoms with E-state index < -0.39 is 22.3 Å². The van der Waals surface area contributed by atoms with Crippen molar-refractivity contribution in [2.45, 2.75) is 6.42 Å². The van der Waals surface area contributed by atoms with Gasteiger partial charge in [-0.25, -0.2) is 0 Å². The van der Waals surface area contributed by atoms with Gasteiger partial charge in [0.25, 0.3) is 0 Å². The lowest BCUT2D eigenvalue weighted by Crippen LogP contribution is -2.32. The summed E-state index contributed by atoms with van der Waals surface area (Å²) in [5.74, 6) is -1.11. The monoisotopic (exact) mass is 350 g/mol. The molecule has 0 saturated heterocycles. The third-order valence-electron chi connectivity index (χ3n) is 3.71. The van der Waals surface area contributed by atoms with Crippen LogP contribution in [0.25, 0.3) is 0 Å². The minimum atomic E-state index is -0.956. The van der Waals surface area contributed by atoms with Crippen molar-refractivity contribution in [3.63, 3.8) is 0 Å². The van der Waals surface area contributed by atoms with Crippen molar-refractivity contribution < 1.29 is 18.8 Å². The number of carbonyl (C=O) groups excluding carboxylic acids is 1. The van der Waals surface area contributed by atoms with Gasteiger partial charge in [0.15, 0.2) is 0 Å². The highest BCUT2D eigenvalue weighted by molar-refractivity contribution is 6.30. The molecule has 1 atom stereocenters. The number of nitrogens with one attached hydrogen (secondary N) is 1. The van der Waals surface area contributed by atoms with Crippen LogP contribution >= 0.6 is 11.6 Å². The second kappa shape index (κ2) is 6.45. The zero-order valence-corrected chi connectivity index (χ0v) is 13.0. The number of hydrogen-bond donors (Lipinski definition) is 1. The summed E-state index contributed by atoms with van der Waals surface area (Å²) in [5, 5.41) is 13.9. The Labute approximate surface area is 141 Å². The fourth-order valence-electron chi connectivity index (χ4n) is 2.51. The maximum Gasteiger partial charge on any atom is 0.306 e. The smallest absolute Gasteiger partial charge is 0.306 e. The molecule has 0 bridgehead atoms. The number of hydrogen-bond acceptors (Lipinski definition) is 4. The highest BCUT2D eigenvalue weighted by atomic mass is 35.5. The lowest BCUT2D eigenvalue weighted by molar-refractivity contribution is -0.387. The number of ether oxygens (including phenoxy) is 1. The van der Waals surface area contributed by atoms with E-state index >= 15 is 0 Å². The number of nitro benzene ring substituents is 1. The second-order valence-corrected chi connectivity index (χ2v) is 5.81. The first kappa shape index (κ1) is 16.2. The summed E-state index contributed by atoms with van der Waals surface area (Å²) in [7, 11) is 0. The minimum Gasteiger partial charge on any atom is -0.492 e. The molecule has 1 aliphatic heterocycles. The first-order chi connectivity index (χ1) is 11.4. The van der Waals surface area contributed by atoms with Crippen molar-refractivity contribution in [2.75, 3.05) is 11.9 Å². The Morgan fingerprint density at radius 1 is 1.33 bits per heavy atom. The summed E-state index contributed by atoms with van der Waals surface area (Å²) < 4.78 is 18.9. The Morgan fingerprint density at radius 2 is 2.12 bits per heavy atom. The second-order valence-electron chi connectivity index (χ2n) is 5.38. The Kier molecular flexibility index (Phi) is 4.35. The van der Waals surface area contributed by atoms with Crippen LogP contribution in [0.15, 0.2) is 36.4 Å². The van der Waals surface area contributed by atoms with Crippen molar-refractivity contribution in [1.82, 2.24) is 0 Å². The zero-order valence-electron chi connectivity index (χ0n) is 12.3. The van der Waals surface area contributed by atoms with Gasteiger partial charge in [-0.05, 0) is 42.3 Å². The van der Waals surface area contributed by atoms with Gasteiger partial charge in [-0.1, -0.05) is 11.6 Å². The van der Waals surface area contributed by atoms with Gasteiger partial charge in [0.05, 0.1) is 10.8 Å². The van der Waals surface area contributed by atoms with Crippen LogP contribution in [0.2, 0.25) is 5.02 Å². The van der Waals surface area contributed by atoms with E-state index in [-0.39, 0.29) is 18.2 Å². The van der Waals surface area contributed by atoms with Crippen molar-refractivity contribution in [3.05, 3.63) is 62.9 Å². The van der Waals surface area contributed by atoms with Crippen LogP contribution in [0.5, 0.6) is 5.75 Å². The van der Waals surface area contributed by atoms with Crippen molar-refractivity contribution in [3.8, 4) is 5.75 Å². The van der Waals surface area contributed by atoms with Crippen LogP contribution in [-0.2, 0) is 11.2 Å². The third kappa shape index (κ3) is 3.30. The predicted molar refractivity (Wildman–Crippen MR) is 85.8 cm³/mol. The van der Waals surface area contributed by atoms with E-state index in [4.69, 9.17) is 16.3 Å². The number of nitrogens with zero attached hydrogens (tertiary/aromatic N) is 1. The summed E-state index contributed by atoms with van der Waals surface area (Å²) in [6.45, 7) is 0.184. The number of carbonyl (C=O) groups is 1. The summed E-state index contributed by atoms with van der Waals surface area (Å²) in [4.78, 5) is 22.3. The van der Waals surface area contributed by atoms with Crippen LogP contribution < -0.4 is 10.1 Å². The molecule has 124 valence electrons. The first-order valence-corrected chi connectivity index (χ1v) is 7.48. The molecule has 24 heavy (non-hydrogen) atoms. The Bertz CT molecular complexity index is 828. The molecule has 1 N–H and O–H groups in total. The number of benzene rings is 2. The molecule has 1 heterocycles. The Hall–Kier alpha value is -2.67. The molecular weight excluding hydrogens is 339 g/mol. The molecule has 8 heteroatoms. The van der Waals surface area contributed by atoms with E-state index in [9.17, 15) is 19.3 Å². The van der Waals surface area contributed by atoms with Gasteiger partial charge in [0.1, 0.15) is 12.4 Å². The lowest BCUT2D eigenvalue weighted by Gasteiger charge is -2.24. The minimum absolute atomic E-state index is 0.157. The highest BCUT2D eigenvalue weighted by Crippen LogP contribution is 2.30. The lowest BCUT2D eigenvalue weighted by atomic mass is 9.96. The van der Waals surface area contributed by atoms with Gasteiger partial charge in [0.2, 0.25) is 11.7 Å². The molecule has 0 saturated carbocycles. The summed E-state index contributed by atoms with van der Waals surface area (Å²) >= 11 is 5.94. The van der Waals surface area contributed by atoms with Crippen molar-refractivity contribution in [2.24, 2.45) is 5.92 Å². The molecule has 0 aromatic heterocycles. The standard InChI is InChI=1S/C16H12ClFN2O4/c17-11-1-4-15-9(6-11)5-10(8-24-15)16(21)19-12-2-3-13(18)14(7-12)20(22)23/h1-4,6-7,10H,5,8H2,(H,19,21)/t10-/m0/s1. The maximum absolute atomic E-state index is 13.3. The molecule has 2 aromatic rings. The molecule has 2 aromatic carbocycles. The molecule has 6 nitrogen and oxygen atoms in total. The highest BCUT2D eigenvalue weighted by Gasteiger charge is 2.27. The average Bonchev–Trinajstić information content (AvgIpc) is 2.55. The topological polar surface area (TPSA) is 81.5 Å². The van der Waals surface area contributed by atoms with Crippen LogP contribution in [0.4, 0.5) is 15.8 Å². The van der Waals surface area contributed by atoms with E-state index in [0.717, 1.165) is 17.7 Å². The van der Waals surface area contributed by atoms with Crippen molar-refractivity contribution >= 4 is 28.9 Å². The fourth-order valence-corrected chi connectivity index (χ4v) is 2.70. The molecule has 0 fully saturated rings.